The van der Waals surface area contributed by atoms with Gasteiger partial charge in [0, 0.05) is 24.8 Å². The Labute approximate surface area is 198 Å². The molecule has 1 saturated heterocycles. The average Bonchev–Trinajstić information content (AvgIpc) is 2.78. The van der Waals surface area contributed by atoms with E-state index in [2.05, 4.69) is 10.6 Å². The summed E-state index contributed by atoms with van der Waals surface area (Å²) in [6.07, 6.45) is 1.12. The Kier molecular flexibility index (Phi) is 9.78. The normalized spacial score (nSPS) is 15.8. The number of carboxylic acids is 1. The number of carbonyl (C=O) groups excluding carboxylic acids is 1. The monoisotopic (exact) mass is 482 g/mol. The van der Waals surface area contributed by atoms with Gasteiger partial charge in [0.2, 0.25) is 5.91 Å². The lowest BCUT2D eigenvalue weighted by atomic mass is 9.88. The number of ether oxygens (including phenoxy) is 2. The zero-order valence-corrected chi connectivity index (χ0v) is 19.4. The van der Waals surface area contributed by atoms with Gasteiger partial charge < -0.3 is 19.9 Å². The first-order valence-electron chi connectivity index (χ1n) is 10.2. The van der Waals surface area contributed by atoms with Crippen molar-refractivity contribution in [3.05, 3.63) is 64.7 Å². The number of nitrogens with one attached hydrogen (secondary N) is 2. The molecule has 1 aliphatic rings. The molecule has 1 atom stereocenters. The van der Waals surface area contributed by atoms with Gasteiger partial charge in [0.1, 0.15) is 17.9 Å². The van der Waals surface area contributed by atoms with E-state index in [1.165, 1.54) is 12.1 Å². The third-order valence-electron chi connectivity index (χ3n) is 5.43. The number of carboxylic acid groups (broad SMARTS) is 1. The van der Waals surface area contributed by atoms with E-state index in [4.69, 9.17) is 26.2 Å². The third kappa shape index (κ3) is 6.84. The zero-order valence-electron chi connectivity index (χ0n) is 17.8. The fourth-order valence-electron chi connectivity index (χ4n) is 3.53. The molecular formula is C23H28Cl2N2O5. The number of benzene rings is 2. The highest BCUT2D eigenvalue weighted by atomic mass is 35.5. The van der Waals surface area contributed by atoms with E-state index in [9.17, 15) is 9.59 Å². The van der Waals surface area contributed by atoms with Crippen LogP contribution in [0, 0.1) is 0 Å². The average molecular weight is 483 g/mol. The summed E-state index contributed by atoms with van der Waals surface area (Å²) in [6, 6.07) is 13.4. The first kappa shape index (κ1) is 25.9. The minimum absolute atomic E-state index is 0. The lowest BCUT2D eigenvalue weighted by Crippen LogP contribution is -2.60. The summed E-state index contributed by atoms with van der Waals surface area (Å²) in [4.78, 5) is 24.2. The van der Waals surface area contributed by atoms with E-state index in [1.54, 1.807) is 36.4 Å². The van der Waals surface area contributed by atoms with Crippen molar-refractivity contribution in [2.75, 3.05) is 26.4 Å². The number of rotatable bonds is 9. The van der Waals surface area contributed by atoms with Crippen molar-refractivity contribution in [3.63, 3.8) is 0 Å². The van der Waals surface area contributed by atoms with Crippen LogP contribution >= 0.6 is 24.0 Å². The summed E-state index contributed by atoms with van der Waals surface area (Å²) < 4.78 is 11.2. The Morgan fingerprint density at radius 2 is 1.75 bits per heavy atom. The molecule has 0 saturated carbocycles. The standard InChI is InChI=1S/C23H27ClN2O5.ClH/c1-16(17-2-4-18(5-3-17)21(27)28)26-22(29)23(10-13-30-14-11-23)25-12-15-31-20-8-6-19(24)7-9-20;/h2-9,16,25H,10-15H2,1H3,(H,26,29)(H,27,28);1H/t16-;/m0./s1. The summed E-state index contributed by atoms with van der Waals surface area (Å²) >= 11 is 5.88. The lowest BCUT2D eigenvalue weighted by Gasteiger charge is -2.37. The molecule has 3 rings (SSSR count). The number of hydrogen-bond acceptors (Lipinski definition) is 5. The maximum Gasteiger partial charge on any atom is 0.335 e. The van der Waals surface area contributed by atoms with Gasteiger partial charge in [-0.3, -0.25) is 10.1 Å². The van der Waals surface area contributed by atoms with Gasteiger partial charge in [-0.05, 0) is 61.7 Å². The van der Waals surface area contributed by atoms with Crippen LogP contribution < -0.4 is 15.4 Å². The molecule has 0 bridgehead atoms. The molecule has 0 aromatic heterocycles. The highest BCUT2D eigenvalue weighted by Crippen LogP contribution is 2.23. The largest absolute Gasteiger partial charge is 0.492 e. The zero-order chi connectivity index (χ0) is 22.3. The van der Waals surface area contributed by atoms with E-state index < -0.39 is 11.5 Å². The van der Waals surface area contributed by atoms with E-state index in [-0.39, 0.29) is 29.9 Å². The maximum atomic E-state index is 13.2. The number of hydrogen-bond donors (Lipinski definition) is 3. The van der Waals surface area contributed by atoms with Gasteiger partial charge in [0.15, 0.2) is 0 Å². The SMILES string of the molecule is C[C@H](NC(=O)C1(NCCOc2ccc(Cl)cc2)CCOCC1)c1ccc(C(=O)O)cc1.Cl. The van der Waals surface area contributed by atoms with Crippen molar-refractivity contribution in [2.45, 2.75) is 31.3 Å². The van der Waals surface area contributed by atoms with Crippen molar-refractivity contribution >= 4 is 35.9 Å². The molecule has 7 nitrogen and oxygen atoms in total. The van der Waals surface area contributed by atoms with Crippen LogP contribution in [0.15, 0.2) is 48.5 Å². The van der Waals surface area contributed by atoms with Crippen molar-refractivity contribution in [1.29, 1.82) is 0 Å². The van der Waals surface area contributed by atoms with Crippen molar-refractivity contribution < 1.29 is 24.2 Å². The Bertz CT molecular complexity index is 884. The van der Waals surface area contributed by atoms with E-state index in [1.807, 2.05) is 6.92 Å². The van der Waals surface area contributed by atoms with Crippen molar-refractivity contribution in [2.24, 2.45) is 0 Å². The summed E-state index contributed by atoms with van der Waals surface area (Å²) in [6.45, 7) is 3.78. The second-order valence-corrected chi connectivity index (χ2v) is 7.98. The van der Waals surface area contributed by atoms with Crippen LogP contribution in [0.4, 0.5) is 0 Å². The summed E-state index contributed by atoms with van der Waals surface area (Å²) in [7, 11) is 0. The van der Waals surface area contributed by atoms with Gasteiger partial charge in [-0.2, -0.15) is 0 Å². The topological polar surface area (TPSA) is 96.9 Å². The number of halogens is 2. The summed E-state index contributed by atoms with van der Waals surface area (Å²) in [5.74, 6) is -0.360. The highest BCUT2D eigenvalue weighted by Gasteiger charge is 2.40. The van der Waals surface area contributed by atoms with Gasteiger partial charge in [0.05, 0.1) is 11.6 Å². The quantitative estimate of drug-likeness (QED) is 0.469. The Hall–Kier alpha value is -2.32. The Morgan fingerprint density at radius 3 is 2.34 bits per heavy atom. The van der Waals surface area contributed by atoms with Crippen LogP contribution in [0.25, 0.3) is 0 Å². The molecule has 1 heterocycles. The van der Waals surface area contributed by atoms with Gasteiger partial charge >= 0.3 is 5.97 Å². The molecule has 9 heteroatoms. The number of aromatic carboxylic acids is 1. The van der Waals surface area contributed by atoms with E-state index >= 15 is 0 Å². The third-order valence-corrected chi connectivity index (χ3v) is 5.69. The van der Waals surface area contributed by atoms with Gasteiger partial charge in [0.25, 0.3) is 0 Å². The predicted molar refractivity (Wildman–Crippen MR) is 125 cm³/mol. The van der Waals surface area contributed by atoms with Crippen LogP contribution in [0.1, 0.15) is 41.7 Å². The predicted octanol–water partition coefficient (Wildman–Crippen LogP) is 3.86. The molecule has 1 amide bonds. The molecular weight excluding hydrogens is 455 g/mol. The Balaban J connectivity index is 0.00000363. The fourth-order valence-corrected chi connectivity index (χ4v) is 3.65. The minimum Gasteiger partial charge on any atom is -0.492 e. The molecule has 32 heavy (non-hydrogen) atoms. The first-order valence-corrected chi connectivity index (χ1v) is 10.6. The molecule has 2 aromatic rings. The van der Waals surface area contributed by atoms with Crippen molar-refractivity contribution in [3.8, 4) is 5.75 Å². The van der Waals surface area contributed by atoms with Crippen molar-refractivity contribution in [1.82, 2.24) is 10.6 Å². The van der Waals surface area contributed by atoms with Crippen LogP contribution in [-0.4, -0.2) is 48.9 Å². The molecule has 2 aromatic carbocycles. The second-order valence-electron chi connectivity index (χ2n) is 7.55. The number of amides is 1. The highest BCUT2D eigenvalue weighted by molar-refractivity contribution is 6.30. The van der Waals surface area contributed by atoms with Gasteiger partial charge in [-0.15, -0.1) is 12.4 Å². The van der Waals surface area contributed by atoms with E-state index in [0.29, 0.717) is 44.2 Å². The minimum atomic E-state index is -0.977. The molecule has 1 aliphatic heterocycles. The molecule has 0 spiro atoms. The molecule has 0 aliphatic carbocycles. The fraction of sp³-hybridized carbons (Fsp3) is 0.391. The summed E-state index contributed by atoms with van der Waals surface area (Å²) in [5, 5.41) is 16.1. The molecule has 0 radical (unpaired) electrons. The van der Waals surface area contributed by atoms with Crippen LogP contribution in [0.2, 0.25) is 5.02 Å². The van der Waals surface area contributed by atoms with Gasteiger partial charge in [-0.1, -0.05) is 23.7 Å². The van der Waals surface area contributed by atoms with Crippen LogP contribution in [0.3, 0.4) is 0 Å². The van der Waals surface area contributed by atoms with Crippen LogP contribution in [-0.2, 0) is 9.53 Å². The summed E-state index contributed by atoms with van der Waals surface area (Å²) in [5.41, 5.74) is 0.314. The molecule has 1 fully saturated rings. The van der Waals surface area contributed by atoms with Crippen LogP contribution in [0.5, 0.6) is 5.75 Å². The van der Waals surface area contributed by atoms with E-state index in [0.717, 1.165) is 11.3 Å². The molecule has 174 valence electrons. The lowest BCUT2D eigenvalue weighted by molar-refractivity contribution is -0.132. The maximum absolute atomic E-state index is 13.2. The Morgan fingerprint density at radius 1 is 1.12 bits per heavy atom. The molecule has 0 unspecified atom stereocenters. The smallest absolute Gasteiger partial charge is 0.335 e. The second kappa shape index (κ2) is 12.1. The van der Waals surface area contributed by atoms with Gasteiger partial charge in [-0.25, -0.2) is 4.79 Å². The first-order chi connectivity index (χ1) is 14.9. The molecule has 3 N–H and O–H groups in total. The number of carbonyl (C=O) groups is 2.